The Balaban J connectivity index is 1.48. The molecule has 0 aliphatic carbocycles. The van der Waals surface area contributed by atoms with E-state index in [0.717, 1.165) is 35.7 Å². The number of fused-ring (bicyclic) bond motifs is 1. The van der Waals surface area contributed by atoms with Gasteiger partial charge >= 0.3 is 5.69 Å². The molecule has 1 aromatic carbocycles. The van der Waals surface area contributed by atoms with Crippen molar-refractivity contribution >= 4 is 23.3 Å². The Morgan fingerprint density at radius 1 is 1.39 bits per heavy atom. The molecule has 1 amide bonds. The number of nitrogens with one attached hydrogen (secondary N) is 2. The molecule has 0 radical (unpaired) electrons. The summed E-state index contributed by atoms with van der Waals surface area (Å²) in [4.78, 5) is 31.3. The molecule has 10 heteroatoms. The van der Waals surface area contributed by atoms with Crippen LogP contribution in [0.5, 0.6) is 0 Å². The number of benzene rings is 1. The van der Waals surface area contributed by atoms with Crippen molar-refractivity contribution in [1.82, 2.24) is 24.9 Å². The number of carbonyl (C=O) groups excluding carboxylic acids is 1. The highest BCUT2D eigenvalue weighted by molar-refractivity contribution is 7.99. The Bertz CT molecular complexity index is 1040. The number of H-pyrrole nitrogens is 1. The van der Waals surface area contributed by atoms with Crippen molar-refractivity contribution in [2.75, 3.05) is 18.9 Å². The summed E-state index contributed by atoms with van der Waals surface area (Å²) >= 11 is 1.13. The number of hydrogen-bond donors (Lipinski definition) is 2. The summed E-state index contributed by atoms with van der Waals surface area (Å²) in [7, 11) is 0. The molecule has 1 saturated heterocycles. The molecule has 4 rings (SSSR count). The molecule has 1 unspecified atom stereocenters. The van der Waals surface area contributed by atoms with E-state index >= 15 is 0 Å². The molecule has 0 saturated carbocycles. The minimum atomic E-state index is -0.458. The maximum atomic E-state index is 13.2. The van der Waals surface area contributed by atoms with E-state index in [9.17, 15) is 14.0 Å². The fourth-order valence-electron chi connectivity index (χ4n) is 2.99. The van der Waals surface area contributed by atoms with Crippen molar-refractivity contribution in [3.05, 3.63) is 46.8 Å². The van der Waals surface area contributed by atoms with Gasteiger partial charge in [0.15, 0.2) is 10.8 Å². The molecular weight excluding hydrogens is 385 g/mol. The van der Waals surface area contributed by atoms with Gasteiger partial charge in [-0.2, -0.15) is 9.61 Å². The van der Waals surface area contributed by atoms with Gasteiger partial charge in [-0.25, -0.2) is 14.2 Å². The van der Waals surface area contributed by atoms with Crippen LogP contribution < -0.4 is 11.0 Å². The van der Waals surface area contributed by atoms with Crippen LogP contribution in [0.2, 0.25) is 0 Å². The fourth-order valence-corrected chi connectivity index (χ4v) is 3.67. The van der Waals surface area contributed by atoms with Crippen LogP contribution in [0.15, 0.2) is 40.4 Å². The second-order valence-electron chi connectivity index (χ2n) is 6.38. The van der Waals surface area contributed by atoms with Gasteiger partial charge < -0.3 is 10.1 Å². The Hall–Kier alpha value is -2.72. The molecule has 1 aliphatic heterocycles. The lowest BCUT2D eigenvalue weighted by molar-refractivity contribution is -0.119. The van der Waals surface area contributed by atoms with Gasteiger partial charge in [-0.15, -0.1) is 0 Å². The number of rotatable bonds is 6. The lowest BCUT2D eigenvalue weighted by Crippen LogP contribution is -2.33. The first-order chi connectivity index (χ1) is 13.6. The van der Waals surface area contributed by atoms with Crippen molar-refractivity contribution in [3.63, 3.8) is 0 Å². The summed E-state index contributed by atoms with van der Waals surface area (Å²) in [5.41, 5.74) is 1.19. The largest absolute Gasteiger partial charge is 0.376 e. The number of carbonyl (C=O) groups is 1. The number of hydrogen-bond acceptors (Lipinski definition) is 6. The van der Waals surface area contributed by atoms with Crippen molar-refractivity contribution in [2.24, 2.45) is 0 Å². The number of amides is 1. The van der Waals surface area contributed by atoms with Gasteiger partial charge in [-0.1, -0.05) is 23.9 Å². The number of aromatic nitrogens is 4. The molecule has 28 heavy (non-hydrogen) atoms. The zero-order chi connectivity index (χ0) is 19.5. The SMILES string of the molecule is O=C(CSc1nc2c(-c3ccc(F)cc3)cnn2c(=O)[nH]1)NCC1CCCO1. The average molecular weight is 403 g/mol. The quantitative estimate of drug-likeness (QED) is 0.607. The lowest BCUT2D eigenvalue weighted by Gasteiger charge is -2.10. The minimum absolute atomic E-state index is 0.0771. The lowest BCUT2D eigenvalue weighted by atomic mass is 10.1. The third-order valence-electron chi connectivity index (χ3n) is 4.40. The predicted octanol–water partition coefficient (Wildman–Crippen LogP) is 1.61. The second kappa shape index (κ2) is 8.11. The second-order valence-corrected chi connectivity index (χ2v) is 7.34. The number of thioether (sulfide) groups is 1. The Labute approximate surface area is 163 Å². The number of nitrogens with zero attached hydrogens (tertiary/aromatic N) is 3. The van der Waals surface area contributed by atoms with E-state index in [0.29, 0.717) is 28.5 Å². The summed E-state index contributed by atoms with van der Waals surface area (Å²) in [6.45, 7) is 1.22. The van der Waals surface area contributed by atoms with E-state index in [1.54, 1.807) is 12.1 Å². The topological polar surface area (TPSA) is 101 Å². The summed E-state index contributed by atoms with van der Waals surface area (Å²) in [6.07, 6.45) is 3.55. The number of aromatic amines is 1. The summed E-state index contributed by atoms with van der Waals surface area (Å²) in [5.74, 6) is -0.391. The van der Waals surface area contributed by atoms with Gasteiger partial charge in [0.1, 0.15) is 5.82 Å². The van der Waals surface area contributed by atoms with E-state index < -0.39 is 5.69 Å². The van der Waals surface area contributed by atoms with Crippen LogP contribution in [0.4, 0.5) is 4.39 Å². The van der Waals surface area contributed by atoms with E-state index in [1.165, 1.54) is 18.3 Å². The normalized spacial score (nSPS) is 16.5. The van der Waals surface area contributed by atoms with Crippen molar-refractivity contribution in [3.8, 4) is 11.1 Å². The van der Waals surface area contributed by atoms with Gasteiger partial charge in [0.05, 0.1) is 18.1 Å². The van der Waals surface area contributed by atoms with Gasteiger partial charge in [-0.3, -0.25) is 9.78 Å². The summed E-state index contributed by atoms with van der Waals surface area (Å²) in [5, 5.41) is 7.18. The Morgan fingerprint density at radius 3 is 2.96 bits per heavy atom. The first kappa shape index (κ1) is 18.6. The molecule has 0 bridgehead atoms. The first-order valence-electron chi connectivity index (χ1n) is 8.85. The molecule has 2 N–H and O–H groups in total. The Kier molecular flexibility index (Phi) is 5.40. The van der Waals surface area contributed by atoms with Gasteiger partial charge in [0.25, 0.3) is 0 Å². The molecule has 3 heterocycles. The van der Waals surface area contributed by atoms with E-state index in [2.05, 4.69) is 20.4 Å². The zero-order valence-corrected chi connectivity index (χ0v) is 15.7. The third kappa shape index (κ3) is 4.07. The molecule has 1 fully saturated rings. The van der Waals surface area contributed by atoms with Crippen LogP contribution >= 0.6 is 11.8 Å². The van der Waals surface area contributed by atoms with Crippen LogP contribution in [-0.2, 0) is 9.53 Å². The van der Waals surface area contributed by atoms with Crippen LogP contribution in [0.25, 0.3) is 16.8 Å². The summed E-state index contributed by atoms with van der Waals surface area (Å²) < 4.78 is 19.8. The molecule has 146 valence electrons. The van der Waals surface area contributed by atoms with Crippen LogP contribution in [-0.4, -0.2) is 50.5 Å². The maximum Gasteiger partial charge on any atom is 0.350 e. The highest BCUT2D eigenvalue weighted by Crippen LogP contribution is 2.24. The smallest absolute Gasteiger partial charge is 0.350 e. The van der Waals surface area contributed by atoms with E-state index in [-0.39, 0.29) is 23.6 Å². The molecule has 3 aromatic rings. The van der Waals surface area contributed by atoms with Crippen molar-refractivity contribution in [1.29, 1.82) is 0 Å². The highest BCUT2D eigenvalue weighted by atomic mass is 32.2. The predicted molar refractivity (Wildman–Crippen MR) is 102 cm³/mol. The highest BCUT2D eigenvalue weighted by Gasteiger charge is 2.17. The molecule has 8 nitrogen and oxygen atoms in total. The average Bonchev–Trinajstić information content (AvgIpc) is 3.35. The number of halogens is 1. The fraction of sp³-hybridized carbons (Fsp3) is 0.333. The standard InChI is InChI=1S/C18H18FN5O3S/c19-12-5-3-11(4-6-12)14-9-21-24-16(14)22-17(23-18(24)26)28-10-15(25)20-8-13-2-1-7-27-13/h3-6,9,13H,1-2,7-8,10H2,(H,20,25)(H,22,23,26). The number of ether oxygens (including phenoxy) is 1. The van der Waals surface area contributed by atoms with Crippen LogP contribution in [0.1, 0.15) is 12.8 Å². The van der Waals surface area contributed by atoms with E-state index in [4.69, 9.17) is 4.74 Å². The first-order valence-corrected chi connectivity index (χ1v) is 9.84. The zero-order valence-electron chi connectivity index (χ0n) is 14.9. The monoisotopic (exact) mass is 403 g/mol. The van der Waals surface area contributed by atoms with Gasteiger partial charge in [0.2, 0.25) is 5.91 Å². The molecule has 2 aromatic heterocycles. The van der Waals surface area contributed by atoms with Gasteiger partial charge in [-0.05, 0) is 30.5 Å². The van der Waals surface area contributed by atoms with Gasteiger partial charge in [0, 0.05) is 18.7 Å². The molecule has 1 aliphatic rings. The maximum absolute atomic E-state index is 13.2. The van der Waals surface area contributed by atoms with Crippen LogP contribution in [0, 0.1) is 5.82 Å². The van der Waals surface area contributed by atoms with Crippen molar-refractivity contribution in [2.45, 2.75) is 24.1 Å². The van der Waals surface area contributed by atoms with Crippen molar-refractivity contribution < 1.29 is 13.9 Å². The molecule has 1 atom stereocenters. The van der Waals surface area contributed by atoms with Crippen LogP contribution in [0.3, 0.4) is 0 Å². The van der Waals surface area contributed by atoms with E-state index in [1.807, 2.05) is 0 Å². The third-order valence-corrected chi connectivity index (χ3v) is 5.28. The molecular formula is C18H18FN5O3S. The Morgan fingerprint density at radius 2 is 2.21 bits per heavy atom. The summed E-state index contributed by atoms with van der Waals surface area (Å²) in [6, 6.07) is 5.86. The minimum Gasteiger partial charge on any atom is -0.376 e. The molecule has 0 spiro atoms.